The van der Waals surface area contributed by atoms with Crippen LogP contribution in [0.3, 0.4) is 0 Å². The number of nitriles is 1. The normalized spacial score (nSPS) is 13.3. The van der Waals surface area contributed by atoms with Gasteiger partial charge in [-0.3, -0.25) is 9.59 Å². The van der Waals surface area contributed by atoms with Crippen LogP contribution in [0.15, 0.2) is 36.4 Å². The number of hydrogen-bond donors (Lipinski definition) is 1. The van der Waals surface area contributed by atoms with Gasteiger partial charge in [0.25, 0.3) is 11.8 Å². The lowest BCUT2D eigenvalue weighted by Gasteiger charge is -2.25. The number of hydrogen-bond acceptors (Lipinski definition) is 4. The van der Waals surface area contributed by atoms with Crippen LogP contribution in [0.5, 0.6) is 0 Å². The third-order valence-corrected chi connectivity index (χ3v) is 5.30. The molecular weight excluding hydrogens is 362 g/mol. The second-order valence-electron chi connectivity index (χ2n) is 7.96. The van der Waals surface area contributed by atoms with Gasteiger partial charge in [0.2, 0.25) is 0 Å². The lowest BCUT2D eigenvalue weighted by molar-refractivity contribution is 0.0925. The van der Waals surface area contributed by atoms with Gasteiger partial charge in [-0.15, -0.1) is 0 Å². The molecule has 0 saturated carbocycles. The van der Waals surface area contributed by atoms with E-state index in [9.17, 15) is 9.59 Å². The van der Waals surface area contributed by atoms with Gasteiger partial charge in [0, 0.05) is 19.5 Å². The summed E-state index contributed by atoms with van der Waals surface area (Å²) in [5, 5.41) is 11.9. The van der Waals surface area contributed by atoms with Gasteiger partial charge in [0.1, 0.15) is 0 Å². The van der Waals surface area contributed by atoms with Crippen molar-refractivity contribution >= 4 is 17.5 Å². The summed E-state index contributed by atoms with van der Waals surface area (Å²) >= 11 is 0. The Balaban J connectivity index is 2.08. The molecule has 2 aromatic carbocycles. The minimum absolute atomic E-state index is 0.181. The lowest BCUT2D eigenvalue weighted by Crippen LogP contribution is -2.32. The Kier molecular flexibility index (Phi) is 6.14. The fourth-order valence-electron chi connectivity index (χ4n) is 3.84. The Morgan fingerprint density at radius 3 is 2.17 bits per heavy atom. The predicted molar refractivity (Wildman–Crippen MR) is 114 cm³/mol. The molecule has 5 heteroatoms. The quantitative estimate of drug-likeness (QED) is 0.548. The van der Waals surface area contributed by atoms with E-state index in [2.05, 4.69) is 39.1 Å². The van der Waals surface area contributed by atoms with E-state index in [1.165, 1.54) is 4.90 Å². The van der Waals surface area contributed by atoms with Crippen LogP contribution in [0, 0.1) is 11.3 Å². The number of benzene rings is 2. The van der Waals surface area contributed by atoms with Crippen LogP contribution in [-0.2, 0) is 6.54 Å². The topological polar surface area (TPSA) is 73.2 Å². The highest BCUT2D eigenvalue weighted by atomic mass is 16.2. The van der Waals surface area contributed by atoms with Gasteiger partial charge in [0.15, 0.2) is 0 Å². The van der Waals surface area contributed by atoms with Crippen molar-refractivity contribution in [3.63, 3.8) is 0 Å². The minimum Gasteiger partial charge on any atom is -0.312 e. The van der Waals surface area contributed by atoms with Gasteiger partial charge < -0.3 is 5.32 Å². The summed E-state index contributed by atoms with van der Waals surface area (Å²) in [4.78, 5) is 28.2. The molecule has 1 heterocycles. The van der Waals surface area contributed by atoms with E-state index in [0.29, 0.717) is 30.6 Å². The number of nitrogens with zero attached hydrogens (tertiary/aromatic N) is 2. The van der Waals surface area contributed by atoms with Crippen molar-refractivity contribution in [2.24, 2.45) is 0 Å². The molecule has 0 aliphatic carbocycles. The van der Waals surface area contributed by atoms with Gasteiger partial charge in [-0.05, 0) is 34.6 Å². The van der Waals surface area contributed by atoms with E-state index in [-0.39, 0.29) is 23.7 Å². The van der Waals surface area contributed by atoms with Crippen molar-refractivity contribution in [1.29, 1.82) is 5.26 Å². The summed E-state index contributed by atoms with van der Waals surface area (Å²) in [5.74, 6) is -0.170. The maximum atomic E-state index is 13.5. The van der Waals surface area contributed by atoms with Crippen molar-refractivity contribution in [2.75, 3.05) is 11.4 Å². The van der Waals surface area contributed by atoms with Gasteiger partial charge in [-0.25, -0.2) is 4.90 Å². The maximum absolute atomic E-state index is 13.5. The third-order valence-electron chi connectivity index (χ3n) is 5.30. The maximum Gasteiger partial charge on any atom is 0.266 e. The van der Waals surface area contributed by atoms with E-state index in [1.54, 1.807) is 6.07 Å². The van der Waals surface area contributed by atoms with E-state index in [4.69, 9.17) is 5.26 Å². The minimum atomic E-state index is -0.266. The molecule has 0 aromatic heterocycles. The van der Waals surface area contributed by atoms with Crippen LogP contribution in [0.1, 0.15) is 83.4 Å². The van der Waals surface area contributed by atoms with E-state index < -0.39 is 0 Å². The van der Waals surface area contributed by atoms with Gasteiger partial charge in [-0.1, -0.05) is 58.0 Å². The molecule has 2 aromatic rings. The van der Waals surface area contributed by atoms with Crippen LogP contribution in [-0.4, -0.2) is 18.4 Å². The monoisotopic (exact) mass is 389 g/mol. The standard InChI is InChI=1S/C24H27N3O2/c1-15(2)18-9-6-10-19(16(3)4)22(18)27-23(28)20-11-5-8-17(21(20)24(27)29)14-26-13-7-12-25/h5-6,8-11,15-16,26H,7,13-14H2,1-4H3. The number of para-hydroxylation sites is 1. The van der Waals surface area contributed by atoms with E-state index in [1.807, 2.05) is 30.3 Å². The fourth-order valence-corrected chi connectivity index (χ4v) is 3.84. The third kappa shape index (κ3) is 3.81. The summed E-state index contributed by atoms with van der Waals surface area (Å²) < 4.78 is 0. The fraction of sp³-hybridized carbons (Fsp3) is 0.375. The van der Waals surface area contributed by atoms with Gasteiger partial charge in [0.05, 0.1) is 22.9 Å². The SMILES string of the molecule is CC(C)c1cccc(C(C)C)c1N1C(=O)c2cccc(CNCCC#N)c2C1=O. The van der Waals surface area contributed by atoms with Crippen LogP contribution in [0.25, 0.3) is 0 Å². The molecule has 0 bridgehead atoms. The first-order valence-corrected chi connectivity index (χ1v) is 10.1. The zero-order valence-corrected chi connectivity index (χ0v) is 17.5. The molecule has 0 radical (unpaired) electrons. The first-order chi connectivity index (χ1) is 13.9. The second-order valence-corrected chi connectivity index (χ2v) is 7.96. The Hall–Kier alpha value is -2.97. The van der Waals surface area contributed by atoms with Gasteiger partial charge in [-0.2, -0.15) is 5.26 Å². The Bertz CT molecular complexity index is 960. The summed E-state index contributed by atoms with van der Waals surface area (Å²) in [6.45, 7) is 9.29. The molecule has 3 rings (SSSR count). The largest absolute Gasteiger partial charge is 0.312 e. The van der Waals surface area contributed by atoms with Crippen molar-refractivity contribution < 1.29 is 9.59 Å². The zero-order valence-electron chi connectivity index (χ0n) is 17.5. The highest BCUT2D eigenvalue weighted by Crippen LogP contribution is 2.40. The van der Waals surface area contributed by atoms with Crippen molar-refractivity contribution in [3.8, 4) is 6.07 Å². The number of imide groups is 1. The Morgan fingerprint density at radius 1 is 0.966 bits per heavy atom. The molecule has 1 aliphatic heterocycles. The highest BCUT2D eigenvalue weighted by molar-refractivity contribution is 6.35. The molecule has 1 aliphatic rings. The number of fused-ring (bicyclic) bond motifs is 1. The molecule has 0 atom stereocenters. The Labute approximate surface area is 172 Å². The number of rotatable bonds is 7. The Morgan fingerprint density at radius 2 is 1.59 bits per heavy atom. The zero-order chi connectivity index (χ0) is 21.1. The highest BCUT2D eigenvalue weighted by Gasteiger charge is 2.40. The van der Waals surface area contributed by atoms with Crippen LogP contribution in [0.4, 0.5) is 5.69 Å². The average Bonchev–Trinajstić information content (AvgIpc) is 2.95. The summed E-state index contributed by atoms with van der Waals surface area (Å²) in [5.41, 5.74) is 4.43. The van der Waals surface area contributed by atoms with Crippen molar-refractivity contribution in [1.82, 2.24) is 5.32 Å². The lowest BCUT2D eigenvalue weighted by atomic mass is 9.92. The van der Waals surface area contributed by atoms with Gasteiger partial charge >= 0.3 is 0 Å². The number of nitrogens with one attached hydrogen (secondary N) is 1. The van der Waals surface area contributed by atoms with Crippen LogP contribution < -0.4 is 10.2 Å². The smallest absolute Gasteiger partial charge is 0.266 e. The first kappa shape index (κ1) is 20.8. The molecular formula is C24H27N3O2. The molecule has 0 fully saturated rings. The van der Waals surface area contributed by atoms with E-state index >= 15 is 0 Å². The summed E-state index contributed by atoms with van der Waals surface area (Å²) in [7, 11) is 0. The van der Waals surface area contributed by atoms with E-state index in [0.717, 1.165) is 22.4 Å². The number of carbonyl (C=O) groups is 2. The second kappa shape index (κ2) is 8.59. The molecule has 0 unspecified atom stereocenters. The number of amides is 2. The van der Waals surface area contributed by atoms with Crippen LogP contribution >= 0.6 is 0 Å². The number of carbonyl (C=O) groups excluding carboxylic acids is 2. The van der Waals surface area contributed by atoms with Crippen molar-refractivity contribution in [2.45, 2.75) is 52.5 Å². The summed E-state index contributed by atoms with van der Waals surface area (Å²) in [6.07, 6.45) is 0.396. The summed E-state index contributed by atoms with van der Waals surface area (Å²) in [6, 6.07) is 13.5. The number of anilines is 1. The van der Waals surface area contributed by atoms with Crippen molar-refractivity contribution in [3.05, 3.63) is 64.2 Å². The molecule has 5 nitrogen and oxygen atoms in total. The molecule has 0 spiro atoms. The molecule has 150 valence electrons. The molecule has 2 amide bonds. The predicted octanol–water partition coefficient (Wildman–Crippen LogP) is 4.74. The average molecular weight is 389 g/mol. The molecule has 0 saturated heterocycles. The van der Waals surface area contributed by atoms with Crippen LogP contribution in [0.2, 0.25) is 0 Å². The molecule has 1 N–H and O–H groups in total. The molecule has 29 heavy (non-hydrogen) atoms. The first-order valence-electron chi connectivity index (χ1n) is 10.1.